The summed E-state index contributed by atoms with van der Waals surface area (Å²) in [6, 6.07) is 0.314. The maximum Gasteiger partial charge on any atom is 0.222 e. The Balaban J connectivity index is 4.17. The van der Waals surface area contributed by atoms with Gasteiger partial charge in [0.05, 0.1) is 0 Å². The van der Waals surface area contributed by atoms with Gasteiger partial charge in [0.25, 0.3) is 0 Å². The van der Waals surface area contributed by atoms with E-state index in [2.05, 4.69) is 11.8 Å². The molecule has 0 saturated heterocycles. The van der Waals surface area contributed by atoms with E-state index in [0.717, 1.165) is 19.5 Å². The number of carbonyl (C=O) groups is 1. The van der Waals surface area contributed by atoms with Crippen LogP contribution in [-0.2, 0) is 4.79 Å². The molecule has 0 heterocycles. The lowest BCUT2D eigenvalue weighted by molar-refractivity contribution is -0.133. The highest BCUT2D eigenvalue weighted by molar-refractivity contribution is 5.76. The number of hydrogen-bond acceptors (Lipinski definition) is 2. The Bertz CT molecular complexity index is 169. The van der Waals surface area contributed by atoms with E-state index in [1.54, 1.807) is 0 Å². The average Bonchev–Trinajstić information content (AvgIpc) is 2.04. The Morgan fingerprint density at radius 1 is 1.29 bits per heavy atom. The predicted octanol–water partition coefficient (Wildman–Crippen LogP) is 1.59. The zero-order valence-electron chi connectivity index (χ0n) is 10.2. The van der Waals surface area contributed by atoms with Gasteiger partial charge in [0, 0.05) is 25.6 Å². The summed E-state index contributed by atoms with van der Waals surface area (Å²) in [6.45, 7) is 7.94. The largest absolute Gasteiger partial charge is 0.339 e. The van der Waals surface area contributed by atoms with Crippen molar-refractivity contribution in [3.63, 3.8) is 0 Å². The van der Waals surface area contributed by atoms with Gasteiger partial charge >= 0.3 is 0 Å². The fourth-order valence-corrected chi connectivity index (χ4v) is 1.72. The third-order valence-corrected chi connectivity index (χ3v) is 2.29. The summed E-state index contributed by atoms with van der Waals surface area (Å²) in [4.78, 5) is 15.8. The molecule has 3 heteroatoms. The van der Waals surface area contributed by atoms with E-state index in [1.807, 2.05) is 32.8 Å². The zero-order chi connectivity index (χ0) is 11.1. The van der Waals surface area contributed by atoms with Crippen LogP contribution in [0.4, 0.5) is 0 Å². The molecule has 0 aromatic rings. The quantitative estimate of drug-likeness (QED) is 0.650. The molecule has 0 fully saturated rings. The monoisotopic (exact) mass is 200 g/mol. The Hall–Kier alpha value is -0.570. The van der Waals surface area contributed by atoms with Crippen LogP contribution in [0, 0.1) is 0 Å². The standard InChI is InChI=1S/C11H24N2O/c1-6-8-11(14)13(7-2)10(3)9-12(4)5/h10H,6-9H2,1-5H3. The number of amides is 1. The van der Waals surface area contributed by atoms with E-state index >= 15 is 0 Å². The average molecular weight is 200 g/mol. The Labute approximate surface area is 88.1 Å². The SMILES string of the molecule is CCCC(=O)N(CC)C(C)CN(C)C. The van der Waals surface area contributed by atoms with Crippen molar-refractivity contribution in [2.75, 3.05) is 27.2 Å². The normalized spacial score (nSPS) is 13.0. The topological polar surface area (TPSA) is 23.6 Å². The minimum Gasteiger partial charge on any atom is -0.339 e. The molecule has 0 N–H and O–H groups in total. The summed E-state index contributed by atoms with van der Waals surface area (Å²) < 4.78 is 0. The molecule has 0 spiro atoms. The number of nitrogens with zero attached hydrogens (tertiary/aromatic N) is 2. The molecule has 0 bridgehead atoms. The second kappa shape index (κ2) is 6.82. The van der Waals surface area contributed by atoms with Crippen molar-refractivity contribution < 1.29 is 4.79 Å². The van der Waals surface area contributed by atoms with Crippen LogP contribution in [0.3, 0.4) is 0 Å². The molecule has 0 aromatic carbocycles. The second-order valence-electron chi connectivity index (χ2n) is 4.04. The minimum atomic E-state index is 0.282. The van der Waals surface area contributed by atoms with E-state index < -0.39 is 0 Å². The van der Waals surface area contributed by atoms with Crippen LogP contribution < -0.4 is 0 Å². The Kier molecular flexibility index (Phi) is 6.54. The lowest BCUT2D eigenvalue weighted by Crippen LogP contribution is -2.43. The van der Waals surface area contributed by atoms with Crippen LogP contribution in [0.15, 0.2) is 0 Å². The van der Waals surface area contributed by atoms with Crippen molar-refractivity contribution in [3.05, 3.63) is 0 Å². The van der Waals surface area contributed by atoms with E-state index in [4.69, 9.17) is 0 Å². The molecule has 1 atom stereocenters. The molecule has 0 radical (unpaired) electrons. The Morgan fingerprint density at radius 2 is 1.86 bits per heavy atom. The van der Waals surface area contributed by atoms with Crippen molar-refractivity contribution in [2.45, 2.75) is 39.7 Å². The lowest BCUT2D eigenvalue weighted by Gasteiger charge is -2.30. The van der Waals surface area contributed by atoms with Gasteiger partial charge in [-0.05, 0) is 34.4 Å². The zero-order valence-corrected chi connectivity index (χ0v) is 10.2. The van der Waals surface area contributed by atoms with Crippen LogP contribution in [0.2, 0.25) is 0 Å². The van der Waals surface area contributed by atoms with Crippen LogP contribution in [0.5, 0.6) is 0 Å². The first-order valence-corrected chi connectivity index (χ1v) is 5.47. The molecule has 0 aliphatic heterocycles. The molecule has 0 aromatic heterocycles. The molecular formula is C11H24N2O. The molecular weight excluding hydrogens is 176 g/mol. The summed E-state index contributed by atoms with van der Waals surface area (Å²) in [5.74, 6) is 0.282. The van der Waals surface area contributed by atoms with E-state index in [-0.39, 0.29) is 5.91 Å². The summed E-state index contributed by atoms with van der Waals surface area (Å²) in [5, 5.41) is 0. The maximum atomic E-state index is 11.7. The van der Waals surface area contributed by atoms with Crippen LogP contribution >= 0.6 is 0 Å². The first kappa shape index (κ1) is 13.4. The highest BCUT2D eigenvalue weighted by Gasteiger charge is 2.17. The van der Waals surface area contributed by atoms with Crippen molar-refractivity contribution in [2.24, 2.45) is 0 Å². The van der Waals surface area contributed by atoms with Gasteiger partial charge in [0.1, 0.15) is 0 Å². The van der Waals surface area contributed by atoms with Gasteiger partial charge in [-0.1, -0.05) is 6.92 Å². The number of carbonyl (C=O) groups excluding carboxylic acids is 1. The van der Waals surface area contributed by atoms with Crippen molar-refractivity contribution >= 4 is 5.91 Å². The van der Waals surface area contributed by atoms with Crippen molar-refractivity contribution in [3.8, 4) is 0 Å². The minimum absolute atomic E-state index is 0.282. The van der Waals surface area contributed by atoms with E-state index in [0.29, 0.717) is 12.5 Å². The summed E-state index contributed by atoms with van der Waals surface area (Å²) in [7, 11) is 4.07. The van der Waals surface area contributed by atoms with E-state index in [9.17, 15) is 4.79 Å². The van der Waals surface area contributed by atoms with Crippen molar-refractivity contribution in [1.29, 1.82) is 0 Å². The van der Waals surface area contributed by atoms with Gasteiger partial charge < -0.3 is 9.80 Å². The van der Waals surface area contributed by atoms with Gasteiger partial charge in [0.2, 0.25) is 5.91 Å². The number of hydrogen-bond donors (Lipinski definition) is 0. The fourth-order valence-electron chi connectivity index (χ4n) is 1.72. The lowest BCUT2D eigenvalue weighted by atomic mass is 10.2. The third-order valence-electron chi connectivity index (χ3n) is 2.29. The third kappa shape index (κ3) is 4.61. The highest BCUT2D eigenvalue weighted by atomic mass is 16.2. The maximum absolute atomic E-state index is 11.7. The number of likely N-dealkylation sites (N-methyl/N-ethyl adjacent to an activating group) is 2. The van der Waals surface area contributed by atoms with Gasteiger partial charge in [-0.2, -0.15) is 0 Å². The smallest absolute Gasteiger partial charge is 0.222 e. The van der Waals surface area contributed by atoms with Gasteiger partial charge in [-0.15, -0.1) is 0 Å². The van der Waals surface area contributed by atoms with Crippen LogP contribution in [0.1, 0.15) is 33.6 Å². The van der Waals surface area contributed by atoms with Crippen molar-refractivity contribution in [1.82, 2.24) is 9.80 Å². The van der Waals surface area contributed by atoms with Gasteiger partial charge in [-0.25, -0.2) is 0 Å². The first-order valence-electron chi connectivity index (χ1n) is 5.47. The summed E-state index contributed by atoms with van der Waals surface area (Å²) in [6.07, 6.45) is 1.61. The predicted molar refractivity (Wildman–Crippen MR) is 60.3 cm³/mol. The molecule has 0 aliphatic carbocycles. The molecule has 0 saturated carbocycles. The fraction of sp³-hybridized carbons (Fsp3) is 0.909. The Morgan fingerprint density at radius 3 is 2.21 bits per heavy atom. The first-order chi connectivity index (χ1) is 6.52. The van der Waals surface area contributed by atoms with Crippen LogP contribution in [0.25, 0.3) is 0 Å². The molecule has 1 amide bonds. The molecule has 84 valence electrons. The molecule has 0 aliphatic rings. The summed E-state index contributed by atoms with van der Waals surface area (Å²) in [5.41, 5.74) is 0. The molecule has 3 nitrogen and oxygen atoms in total. The highest BCUT2D eigenvalue weighted by Crippen LogP contribution is 2.04. The second-order valence-corrected chi connectivity index (χ2v) is 4.04. The molecule has 1 unspecified atom stereocenters. The molecule has 0 rings (SSSR count). The van der Waals surface area contributed by atoms with Gasteiger partial charge in [0.15, 0.2) is 0 Å². The molecule has 14 heavy (non-hydrogen) atoms. The van der Waals surface area contributed by atoms with Crippen LogP contribution in [-0.4, -0.2) is 48.9 Å². The van der Waals surface area contributed by atoms with E-state index in [1.165, 1.54) is 0 Å². The number of rotatable bonds is 6. The van der Waals surface area contributed by atoms with Gasteiger partial charge in [-0.3, -0.25) is 4.79 Å². The summed E-state index contributed by atoms with van der Waals surface area (Å²) >= 11 is 0.